The average molecular weight is 370 g/mol. The third kappa shape index (κ3) is 3.59. The summed E-state index contributed by atoms with van der Waals surface area (Å²) in [6, 6.07) is 9.24. The van der Waals surface area contributed by atoms with Gasteiger partial charge in [-0.25, -0.2) is 0 Å². The van der Waals surface area contributed by atoms with E-state index in [1.54, 1.807) is 25.1 Å². The molecule has 5 nitrogen and oxygen atoms in total. The molecule has 0 aliphatic rings. The Kier molecular flexibility index (Phi) is 4.59. The van der Waals surface area contributed by atoms with E-state index in [2.05, 4.69) is 21.2 Å². The van der Waals surface area contributed by atoms with E-state index in [-0.39, 0.29) is 11.6 Å². The standard InChI is InChI=1S/C14H10BrClN2O3/c1-8-6-9(2-5-13(8)18(20)21)14(19)17-12-7-10(16)3-4-11(12)15/h2-7H,1H3,(H,17,19). The smallest absolute Gasteiger partial charge is 0.272 e. The van der Waals surface area contributed by atoms with Gasteiger partial charge in [0.25, 0.3) is 11.6 Å². The van der Waals surface area contributed by atoms with Crippen molar-refractivity contribution in [3.05, 3.63) is 67.1 Å². The summed E-state index contributed by atoms with van der Waals surface area (Å²) in [7, 11) is 0. The fraction of sp³-hybridized carbons (Fsp3) is 0.0714. The van der Waals surface area contributed by atoms with Crippen LogP contribution in [0.15, 0.2) is 40.9 Å². The first kappa shape index (κ1) is 15.5. The fourth-order valence-electron chi connectivity index (χ4n) is 1.79. The number of amides is 1. The minimum absolute atomic E-state index is 0.0181. The number of nitrogens with zero attached hydrogens (tertiary/aromatic N) is 1. The maximum absolute atomic E-state index is 12.2. The molecule has 0 heterocycles. The van der Waals surface area contributed by atoms with Crippen molar-refractivity contribution in [3.63, 3.8) is 0 Å². The maximum Gasteiger partial charge on any atom is 0.272 e. The minimum Gasteiger partial charge on any atom is -0.321 e. The summed E-state index contributed by atoms with van der Waals surface area (Å²) < 4.78 is 0.693. The molecule has 0 aliphatic heterocycles. The number of nitro groups is 1. The predicted molar refractivity (Wildman–Crippen MR) is 84.9 cm³/mol. The van der Waals surface area contributed by atoms with Crippen LogP contribution in [0, 0.1) is 17.0 Å². The minimum atomic E-state index is -0.482. The third-order valence-corrected chi connectivity index (χ3v) is 3.76. The van der Waals surface area contributed by atoms with Crippen molar-refractivity contribution < 1.29 is 9.72 Å². The van der Waals surface area contributed by atoms with Gasteiger partial charge in [-0.2, -0.15) is 0 Å². The first-order valence-electron chi connectivity index (χ1n) is 5.90. The largest absolute Gasteiger partial charge is 0.321 e. The van der Waals surface area contributed by atoms with Gasteiger partial charge < -0.3 is 5.32 Å². The zero-order valence-corrected chi connectivity index (χ0v) is 13.2. The van der Waals surface area contributed by atoms with Crippen LogP contribution in [0.3, 0.4) is 0 Å². The Morgan fingerprint density at radius 3 is 2.62 bits per heavy atom. The van der Waals surface area contributed by atoms with Crippen molar-refractivity contribution in [1.82, 2.24) is 0 Å². The zero-order chi connectivity index (χ0) is 15.6. The highest BCUT2D eigenvalue weighted by Crippen LogP contribution is 2.27. The van der Waals surface area contributed by atoms with E-state index in [9.17, 15) is 14.9 Å². The van der Waals surface area contributed by atoms with Crippen LogP contribution in [-0.2, 0) is 0 Å². The molecule has 0 spiro atoms. The summed E-state index contributed by atoms with van der Waals surface area (Å²) in [5.41, 5.74) is 1.28. The van der Waals surface area contributed by atoms with Crippen LogP contribution < -0.4 is 5.32 Å². The topological polar surface area (TPSA) is 72.2 Å². The summed E-state index contributed by atoms with van der Waals surface area (Å²) >= 11 is 9.19. The van der Waals surface area contributed by atoms with Crippen LogP contribution in [-0.4, -0.2) is 10.8 Å². The SMILES string of the molecule is Cc1cc(C(=O)Nc2cc(Cl)ccc2Br)ccc1[N+](=O)[O-]. The number of hydrogen-bond acceptors (Lipinski definition) is 3. The Morgan fingerprint density at radius 2 is 2.00 bits per heavy atom. The first-order chi connectivity index (χ1) is 9.88. The molecule has 1 amide bonds. The van der Waals surface area contributed by atoms with Gasteiger partial charge in [0.2, 0.25) is 0 Å². The zero-order valence-electron chi connectivity index (χ0n) is 10.9. The van der Waals surface area contributed by atoms with E-state index in [1.165, 1.54) is 18.2 Å². The van der Waals surface area contributed by atoms with Gasteiger partial charge in [0.05, 0.1) is 10.6 Å². The number of aryl methyl sites for hydroxylation is 1. The van der Waals surface area contributed by atoms with Gasteiger partial charge in [-0.1, -0.05) is 11.6 Å². The number of benzene rings is 2. The molecule has 0 aliphatic carbocycles. The van der Waals surface area contributed by atoms with Gasteiger partial charge in [-0.05, 0) is 53.2 Å². The van der Waals surface area contributed by atoms with Gasteiger partial charge in [-0.3, -0.25) is 14.9 Å². The second-order valence-corrected chi connectivity index (χ2v) is 5.63. The van der Waals surface area contributed by atoms with Crippen molar-refractivity contribution >= 4 is 44.8 Å². The molecule has 2 rings (SSSR count). The van der Waals surface area contributed by atoms with E-state index < -0.39 is 4.92 Å². The molecular weight excluding hydrogens is 360 g/mol. The van der Waals surface area contributed by atoms with E-state index >= 15 is 0 Å². The molecule has 2 aromatic rings. The molecule has 0 unspecified atom stereocenters. The number of nitrogens with one attached hydrogen (secondary N) is 1. The Labute approximate surface area is 134 Å². The summed E-state index contributed by atoms with van der Waals surface area (Å²) in [6.07, 6.45) is 0. The Hall–Kier alpha value is -1.92. The summed E-state index contributed by atoms with van der Waals surface area (Å²) in [4.78, 5) is 22.4. The number of anilines is 1. The molecule has 0 fully saturated rings. The molecule has 0 aromatic heterocycles. The average Bonchev–Trinajstić information content (AvgIpc) is 2.42. The lowest BCUT2D eigenvalue weighted by Crippen LogP contribution is -2.12. The van der Waals surface area contributed by atoms with Crippen LogP contribution in [0.2, 0.25) is 5.02 Å². The van der Waals surface area contributed by atoms with Gasteiger partial charge in [0.1, 0.15) is 0 Å². The third-order valence-electron chi connectivity index (χ3n) is 2.83. The van der Waals surface area contributed by atoms with Crippen molar-refractivity contribution in [3.8, 4) is 0 Å². The number of carbonyl (C=O) groups is 1. The van der Waals surface area contributed by atoms with Crippen molar-refractivity contribution in [2.24, 2.45) is 0 Å². The number of carbonyl (C=O) groups excluding carboxylic acids is 1. The predicted octanol–water partition coefficient (Wildman–Crippen LogP) is 4.57. The number of rotatable bonds is 3. The second-order valence-electron chi connectivity index (χ2n) is 4.34. The fourth-order valence-corrected chi connectivity index (χ4v) is 2.31. The number of hydrogen-bond donors (Lipinski definition) is 1. The quantitative estimate of drug-likeness (QED) is 0.636. The monoisotopic (exact) mass is 368 g/mol. The molecule has 0 atom stereocenters. The van der Waals surface area contributed by atoms with E-state index in [1.807, 2.05) is 0 Å². The van der Waals surface area contributed by atoms with Crippen LogP contribution in [0.25, 0.3) is 0 Å². The highest BCUT2D eigenvalue weighted by atomic mass is 79.9. The molecule has 2 aromatic carbocycles. The summed E-state index contributed by atoms with van der Waals surface area (Å²) in [6.45, 7) is 1.59. The molecule has 7 heteroatoms. The van der Waals surface area contributed by atoms with Crippen LogP contribution in [0.5, 0.6) is 0 Å². The highest BCUT2D eigenvalue weighted by Gasteiger charge is 2.14. The highest BCUT2D eigenvalue weighted by molar-refractivity contribution is 9.10. The van der Waals surface area contributed by atoms with Gasteiger partial charge in [0, 0.05) is 26.7 Å². The molecule has 0 saturated heterocycles. The normalized spacial score (nSPS) is 10.2. The summed E-state index contributed by atoms with van der Waals surface area (Å²) in [5, 5.41) is 14.0. The summed E-state index contributed by atoms with van der Waals surface area (Å²) in [5.74, 6) is -0.365. The van der Waals surface area contributed by atoms with Crippen LogP contribution in [0.1, 0.15) is 15.9 Å². The molecule has 0 saturated carbocycles. The Balaban J connectivity index is 2.26. The van der Waals surface area contributed by atoms with E-state index in [0.29, 0.717) is 26.3 Å². The first-order valence-corrected chi connectivity index (χ1v) is 7.07. The number of halogens is 2. The second kappa shape index (κ2) is 6.24. The van der Waals surface area contributed by atoms with E-state index in [0.717, 1.165) is 0 Å². The van der Waals surface area contributed by atoms with E-state index in [4.69, 9.17) is 11.6 Å². The van der Waals surface area contributed by atoms with Gasteiger partial charge >= 0.3 is 0 Å². The molecule has 108 valence electrons. The van der Waals surface area contributed by atoms with Crippen LogP contribution >= 0.6 is 27.5 Å². The molecule has 0 bridgehead atoms. The van der Waals surface area contributed by atoms with Gasteiger partial charge in [0.15, 0.2) is 0 Å². The van der Waals surface area contributed by atoms with Crippen molar-refractivity contribution in [1.29, 1.82) is 0 Å². The lowest BCUT2D eigenvalue weighted by Gasteiger charge is -2.08. The maximum atomic E-state index is 12.2. The molecule has 1 N–H and O–H groups in total. The Bertz CT molecular complexity index is 734. The lowest BCUT2D eigenvalue weighted by molar-refractivity contribution is -0.385. The Morgan fingerprint density at radius 1 is 1.29 bits per heavy atom. The van der Waals surface area contributed by atoms with Crippen LogP contribution in [0.4, 0.5) is 11.4 Å². The molecule has 21 heavy (non-hydrogen) atoms. The van der Waals surface area contributed by atoms with Crippen molar-refractivity contribution in [2.45, 2.75) is 6.92 Å². The van der Waals surface area contributed by atoms with Gasteiger partial charge in [-0.15, -0.1) is 0 Å². The van der Waals surface area contributed by atoms with Crippen molar-refractivity contribution in [2.75, 3.05) is 5.32 Å². The number of nitro benzene ring substituents is 1. The molecule has 0 radical (unpaired) electrons. The lowest BCUT2D eigenvalue weighted by atomic mass is 10.1. The molecular formula is C14H10BrClN2O3.